The molecule has 1 heteroatoms. The second-order valence-electron chi connectivity index (χ2n) is 17.2. The van der Waals surface area contributed by atoms with Crippen LogP contribution in [0.3, 0.4) is 0 Å². The minimum Gasteiger partial charge on any atom is -0.309 e. The van der Waals surface area contributed by atoms with Crippen LogP contribution in [0.4, 0.5) is 17.1 Å². The van der Waals surface area contributed by atoms with Crippen LogP contribution in [0.1, 0.15) is 22.3 Å². The van der Waals surface area contributed by atoms with Crippen molar-refractivity contribution in [1.29, 1.82) is 0 Å². The lowest BCUT2D eigenvalue weighted by atomic mass is 9.68. The summed E-state index contributed by atoms with van der Waals surface area (Å²) in [5.74, 6) is 0. The number of hydrogen-bond acceptors (Lipinski definition) is 1. The van der Waals surface area contributed by atoms with E-state index in [1.807, 2.05) is 0 Å². The van der Waals surface area contributed by atoms with E-state index in [1.54, 1.807) is 0 Å². The van der Waals surface area contributed by atoms with E-state index in [-0.39, 0.29) is 0 Å². The lowest BCUT2D eigenvalue weighted by Gasteiger charge is -2.34. The normalized spacial score (nSPS) is 12.8. The Morgan fingerprint density at radius 1 is 0.281 bits per heavy atom. The summed E-state index contributed by atoms with van der Waals surface area (Å²) in [7, 11) is 0. The molecule has 0 unspecified atom stereocenters. The van der Waals surface area contributed by atoms with Crippen LogP contribution in [0, 0.1) is 0 Å². The third-order valence-corrected chi connectivity index (χ3v) is 13.8. The van der Waals surface area contributed by atoms with Crippen LogP contribution in [0.2, 0.25) is 0 Å². The maximum absolute atomic E-state index is 2.52. The van der Waals surface area contributed by atoms with Crippen LogP contribution in [-0.2, 0) is 5.41 Å². The van der Waals surface area contributed by atoms with Crippen molar-refractivity contribution in [3.63, 3.8) is 0 Å². The molecule has 11 aromatic rings. The van der Waals surface area contributed by atoms with Crippen molar-refractivity contribution in [3.8, 4) is 55.6 Å². The first-order valence-electron chi connectivity index (χ1n) is 22.2. The minimum absolute atomic E-state index is 0.511. The second kappa shape index (κ2) is 14.4. The van der Waals surface area contributed by atoms with Gasteiger partial charge in [-0.05, 0) is 143 Å². The first-order valence-corrected chi connectivity index (χ1v) is 22.2. The van der Waals surface area contributed by atoms with Crippen LogP contribution in [-0.4, -0.2) is 0 Å². The van der Waals surface area contributed by atoms with Crippen LogP contribution in [0.5, 0.6) is 0 Å². The molecule has 1 nitrogen and oxygen atoms in total. The molecule has 2 aliphatic carbocycles. The molecule has 298 valence electrons. The summed E-state index contributed by atoms with van der Waals surface area (Å²) in [5, 5.41) is 4.98. The topological polar surface area (TPSA) is 3.24 Å². The molecule has 13 rings (SSSR count). The van der Waals surface area contributed by atoms with Crippen molar-refractivity contribution < 1.29 is 0 Å². The van der Waals surface area contributed by atoms with Crippen molar-refractivity contribution in [3.05, 3.63) is 271 Å². The van der Waals surface area contributed by atoms with Gasteiger partial charge in [0.25, 0.3) is 0 Å². The average molecular weight is 812 g/mol. The van der Waals surface area contributed by atoms with Gasteiger partial charge in [-0.15, -0.1) is 0 Å². The predicted molar refractivity (Wildman–Crippen MR) is 269 cm³/mol. The molecule has 11 aromatic carbocycles. The van der Waals surface area contributed by atoms with E-state index in [9.17, 15) is 0 Å². The summed E-state index contributed by atoms with van der Waals surface area (Å²) in [5.41, 5.74) is 20.7. The zero-order chi connectivity index (χ0) is 42.2. The number of hydrogen-bond donors (Lipinski definition) is 0. The Morgan fingerprint density at radius 2 is 0.781 bits per heavy atom. The highest BCUT2D eigenvalue weighted by Crippen LogP contribution is 2.60. The van der Waals surface area contributed by atoms with E-state index >= 15 is 0 Å². The smallest absolute Gasteiger partial charge is 0.0714 e. The Kier molecular flexibility index (Phi) is 8.20. The van der Waals surface area contributed by atoms with Gasteiger partial charge in [0.05, 0.1) is 16.8 Å². The number of nitrogens with zero attached hydrogens (tertiary/aromatic N) is 1. The molecule has 0 saturated heterocycles. The molecule has 0 bridgehead atoms. The van der Waals surface area contributed by atoms with Crippen LogP contribution >= 0.6 is 0 Å². The van der Waals surface area contributed by atoms with Crippen molar-refractivity contribution in [2.45, 2.75) is 5.41 Å². The molecule has 0 saturated carbocycles. The van der Waals surface area contributed by atoms with Crippen LogP contribution < -0.4 is 4.90 Å². The molecule has 0 N–H and O–H groups in total. The first kappa shape index (κ1) is 36.4. The SMILES string of the molecule is c1ccc(-c2ccc(N(c3cccc4c3-c3ccccc3C4(c3ccccc3)c3ccccc3)c3cccc4cc5c(cc34)-c3cc4ccc(-c6ccccc6)cc4cc3-5)cc2)cc1. The van der Waals surface area contributed by atoms with Crippen molar-refractivity contribution >= 4 is 38.6 Å². The molecule has 2 aliphatic rings. The van der Waals surface area contributed by atoms with Gasteiger partial charge in [0.1, 0.15) is 0 Å². The molecule has 64 heavy (non-hydrogen) atoms. The van der Waals surface area contributed by atoms with Gasteiger partial charge in [-0.2, -0.15) is 0 Å². The number of fused-ring (bicyclic) bond motifs is 9. The molecule has 0 heterocycles. The van der Waals surface area contributed by atoms with E-state index in [1.165, 1.54) is 99.4 Å². The average Bonchev–Trinajstić information content (AvgIpc) is 3.68. The number of rotatable bonds is 7. The molecule has 0 fully saturated rings. The summed E-state index contributed by atoms with van der Waals surface area (Å²) < 4.78 is 0. The van der Waals surface area contributed by atoms with E-state index in [4.69, 9.17) is 0 Å². The molecular formula is C63H41N. The highest BCUT2D eigenvalue weighted by atomic mass is 15.1. The van der Waals surface area contributed by atoms with E-state index in [2.05, 4.69) is 254 Å². The molecule has 0 aliphatic heterocycles. The highest BCUT2D eigenvalue weighted by molar-refractivity contribution is 6.15. The Morgan fingerprint density at radius 3 is 1.47 bits per heavy atom. The monoisotopic (exact) mass is 811 g/mol. The quantitative estimate of drug-likeness (QED) is 0.155. The standard InChI is InChI=1S/C63H41N/c1-5-17-42(18-6-1)44-33-35-51(36-34-44)64(61-30-16-28-59-62(61)52-26-13-14-27-58(52)63(59,49-22-9-3-10-23-49)50-24-11-4-12-25-50)60-29-15-21-47-39-55-56-40-48-37-45(43-19-7-2-8-20-43)31-32-46(48)38-54(56)57(55)41-53(47)60/h1-41H. The van der Waals surface area contributed by atoms with Gasteiger partial charge in [-0.25, -0.2) is 0 Å². The zero-order valence-electron chi connectivity index (χ0n) is 35.1. The Hall–Kier alpha value is -8.26. The zero-order valence-corrected chi connectivity index (χ0v) is 35.1. The Labute approximate surface area is 373 Å². The van der Waals surface area contributed by atoms with Gasteiger partial charge in [0, 0.05) is 16.6 Å². The van der Waals surface area contributed by atoms with Crippen LogP contribution in [0.15, 0.2) is 249 Å². The number of benzene rings is 11. The summed E-state index contributed by atoms with van der Waals surface area (Å²) in [4.78, 5) is 2.52. The van der Waals surface area contributed by atoms with Gasteiger partial charge < -0.3 is 4.90 Å². The van der Waals surface area contributed by atoms with E-state index < -0.39 is 5.41 Å². The Bertz CT molecular complexity index is 3530. The Balaban J connectivity index is 1.03. The molecule has 0 atom stereocenters. The maximum atomic E-state index is 2.52. The van der Waals surface area contributed by atoms with Gasteiger partial charge in [0.15, 0.2) is 0 Å². The largest absolute Gasteiger partial charge is 0.309 e. The van der Waals surface area contributed by atoms with Gasteiger partial charge in [-0.3, -0.25) is 0 Å². The second-order valence-corrected chi connectivity index (χ2v) is 17.2. The van der Waals surface area contributed by atoms with Crippen molar-refractivity contribution in [1.82, 2.24) is 0 Å². The summed E-state index contributed by atoms with van der Waals surface area (Å²) in [6.07, 6.45) is 0. The molecule has 0 aromatic heterocycles. The molecular weight excluding hydrogens is 771 g/mol. The molecule has 0 radical (unpaired) electrons. The van der Waals surface area contributed by atoms with E-state index in [0.29, 0.717) is 0 Å². The van der Waals surface area contributed by atoms with Gasteiger partial charge >= 0.3 is 0 Å². The fourth-order valence-electron chi connectivity index (χ4n) is 10.9. The van der Waals surface area contributed by atoms with Crippen LogP contribution in [0.25, 0.3) is 77.2 Å². The summed E-state index contributed by atoms with van der Waals surface area (Å²) in [6, 6.07) is 92.1. The van der Waals surface area contributed by atoms with Crippen molar-refractivity contribution in [2.24, 2.45) is 0 Å². The van der Waals surface area contributed by atoms with Gasteiger partial charge in [0.2, 0.25) is 0 Å². The van der Waals surface area contributed by atoms with Crippen molar-refractivity contribution in [2.75, 3.05) is 4.90 Å². The lowest BCUT2D eigenvalue weighted by molar-refractivity contribution is 0.768. The van der Waals surface area contributed by atoms with Gasteiger partial charge in [-0.1, -0.05) is 194 Å². The molecule has 0 amide bonds. The number of anilines is 3. The third-order valence-electron chi connectivity index (χ3n) is 13.8. The predicted octanol–water partition coefficient (Wildman–Crippen LogP) is 16.8. The fourth-order valence-corrected chi connectivity index (χ4v) is 10.9. The first-order chi connectivity index (χ1) is 31.7. The molecule has 0 spiro atoms. The fraction of sp³-hybridized carbons (Fsp3) is 0.0159. The van der Waals surface area contributed by atoms with E-state index in [0.717, 1.165) is 17.1 Å². The summed E-state index contributed by atoms with van der Waals surface area (Å²) in [6.45, 7) is 0. The summed E-state index contributed by atoms with van der Waals surface area (Å²) >= 11 is 0. The minimum atomic E-state index is -0.511. The lowest BCUT2D eigenvalue weighted by Crippen LogP contribution is -2.28. The highest BCUT2D eigenvalue weighted by Gasteiger charge is 2.47. The maximum Gasteiger partial charge on any atom is 0.0714 e. The third kappa shape index (κ3) is 5.44.